The van der Waals surface area contributed by atoms with Crippen LogP contribution in [0, 0.1) is 0 Å². The third-order valence-electron chi connectivity index (χ3n) is 2.36. The maximum atomic E-state index is 12.5. The van der Waals surface area contributed by atoms with E-state index in [1.807, 2.05) is 5.32 Å². The van der Waals surface area contributed by atoms with Crippen LogP contribution >= 0.6 is 11.6 Å². The van der Waals surface area contributed by atoms with E-state index in [1.165, 1.54) is 0 Å². The number of halogens is 4. The summed E-state index contributed by atoms with van der Waals surface area (Å²) in [6, 6.07) is 1.79. The van der Waals surface area contributed by atoms with Gasteiger partial charge in [0.15, 0.2) is 0 Å². The van der Waals surface area contributed by atoms with E-state index in [1.54, 1.807) is 0 Å². The molecule has 0 saturated carbocycles. The first kappa shape index (κ1) is 12.7. The number of nitrogens with one attached hydrogen (secondary N) is 1. The quantitative estimate of drug-likeness (QED) is 0.802. The second-order valence-electron chi connectivity index (χ2n) is 3.60. The van der Waals surface area contributed by atoms with Gasteiger partial charge in [-0.05, 0) is 18.2 Å². The normalized spacial score (nSPS) is 16.1. The van der Waals surface area contributed by atoms with Crippen LogP contribution in [0.1, 0.15) is 5.56 Å². The van der Waals surface area contributed by atoms with Crippen LogP contribution in [0.2, 0.25) is 5.02 Å². The maximum absolute atomic E-state index is 12.5. The number of benzene rings is 1. The average molecular weight is 279 g/mol. The van der Waals surface area contributed by atoms with E-state index < -0.39 is 23.7 Å². The number of alkyl halides is 3. The number of anilines is 1. The first-order valence-corrected chi connectivity index (χ1v) is 5.15. The van der Waals surface area contributed by atoms with Gasteiger partial charge in [-0.2, -0.15) is 13.2 Å². The smallest absolute Gasteiger partial charge is 0.283 e. The Morgan fingerprint density at radius 1 is 1.28 bits per heavy atom. The summed E-state index contributed by atoms with van der Waals surface area (Å²) in [5.41, 5.74) is -1.08. The van der Waals surface area contributed by atoms with Crippen molar-refractivity contribution in [3.63, 3.8) is 0 Å². The van der Waals surface area contributed by atoms with E-state index in [-0.39, 0.29) is 17.3 Å². The van der Waals surface area contributed by atoms with Gasteiger partial charge < -0.3 is 0 Å². The van der Waals surface area contributed by atoms with Crippen LogP contribution in [0.4, 0.5) is 23.7 Å². The Morgan fingerprint density at radius 3 is 2.44 bits per heavy atom. The summed E-state index contributed by atoms with van der Waals surface area (Å²) < 4.78 is 37.6. The van der Waals surface area contributed by atoms with Gasteiger partial charge in [-0.15, -0.1) is 0 Å². The summed E-state index contributed by atoms with van der Waals surface area (Å²) in [6.45, 7) is -0.347. The number of imide groups is 1. The van der Waals surface area contributed by atoms with Crippen LogP contribution < -0.4 is 10.2 Å². The third-order valence-corrected chi connectivity index (χ3v) is 2.68. The van der Waals surface area contributed by atoms with Gasteiger partial charge >= 0.3 is 12.2 Å². The Kier molecular flexibility index (Phi) is 2.94. The van der Waals surface area contributed by atoms with Gasteiger partial charge in [0.25, 0.3) is 0 Å². The third kappa shape index (κ3) is 2.26. The first-order valence-electron chi connectivity index (χ1n) is 4.77. The molecule has 4 nitrogen and oxygen atoms in total. The number of carbonyl (C=O) groups excluding carboxylic acids is 2. The highest BCUT2D eigenvalue weighted by molar-refractivity contribution is 6.34. The summed E-state index contributed by atoms with van der Waals surface area (Å²) in [6.07, 6.45) is -4.54. The molecule has 18 heavy (non-hydrogen) atoms. The van der Waals surface area contributed by atoms with Gasteiger partial charge in [0.05, 0.1) is 16.3 Å². The fourth-order valence-corrected chi connectivity index (χ4v) is 1.75. The van der Waals surface area contributed by atoms with Crippen molar-refractivity contribution < 1.29 is 22.8 Å². The molecule has 0 spiro atoms. The highest BCUT2D eigenvalue weighted by atomic mass is 35.5. The monoisotopic (exact) mass is 278 g/mol. The molecule has 0 bridgehead atoms. The van der Waals surface area contributed by atoms with Crippen LogP contribution in [0.3, 0.4) is 0 Å². The molecule has 8 heteroatoms. The van der Waals surface area contributed by atoms with Crippen LogP contribution in [0.15, 0.2) is 18.2 Å². The SMILES string of the molecule is O=C1CN(c2cc(C(F)(F)F)ccc2Cl)C(=O)N1. The maximum Gasteiger partial charge on any atom is 0.416 e. The lowest BCUT2D eigenvalue weighted by Gasteiger charge is -2.17. The van der Waals surface area contributed by atoms with Crippen molar-refractivity contribution in [2.75, 3.05) is 11.4 Å². The number of nitrogens with zero attached hydrogens (tertiary/aromatic N) is 1. The molecule has 0 aromatic heterocycles. The second-order valence-corrected chi connectivity index (χ2v) is 4.01. The van der Waals surface area contributed by atoms with Gasteiger partial charge in [-0.25, -0.2) is 4.79 Å². The van der Waals surface area contributed by atoms with Crippen molar-refractivity contribution in [3.05, 3.63) is 28.8 Å². The Labute approximate surface area is 104 Å². The largest absolute Gasteiger partial charge is 0.416 e. The average Bonchev–Trinajstić information content (AvgIpc) is 2.56. The van der Waals surface area contributed by atoms with Gasteiger partial charge in [-0.1, -0.05) is 11.6 Å². The van der Waals surface area contributed by atoms with Crippen LogP contribution in [0.5, 0.6) is 0 Å². The molecule has 0 aliphatic carbocycles. The highest BCUT2D eigenvalue weighted by Crippen LogP contribution is 2.35. The van der Waals surface area contributed by atoms with Crippen molar-refractivity contribution in [1.29, 1.82) is 0 Å². The highest BCUT2D eigenvalue weighted by Gasteiger charge is 2.34. The molecule has 3 amide bonds. The molecule has 0 radical (unpaired) electrons. The van der Waals surface area contributed by atoms with E-state index in [9.17, 15) is 22.8 Å². The van der Waals surface area contributed by atoms with Crippen molar-refractivity contribution in [2.45, 2.75) is 6.18 Å². The molecule has 1 aromatic carbocycles. The minimum absolute atomic E-state index is 0.0344. The minimum atomic E-state index is -4.54. The molecule has 1 aliphatic rings. The standard InChI is InChI=1S/C10H6ClF3N2O2/c11-6-2-1-5(10(12,13)14)3-7(6)16-4-8(17)15-9(16)18/h1-3H,4H2,(H,15,17,18). The first-order chi connectivity index (χ1) is 8.29. The fourth-order valence-electron chi connectivity index (χ4n) is 1.53. The predicted molar refractivity (Wildman–Crippen MR) is 57.3 cm³/mol. The van der Waals surface area contributed by atoms with E-state index >= 15 is 0 Å². The second kappa shape index (κ2) is 4.16. The minimum Gasteiger partial charge on any atom is -0.283 e. The van der Waals surface area contributed by atoms with Crippen molar-refractivity contribution in [3.8, 4) is 0 Å². The lowest BCUT2D eigenvalue weighted by atomic mass is 10.2. The number of urea groups is 1. The molecule has 1 aliphatic heterocycles. The van der Waals surface area contributed by atoms with E-state index in [2.05, 4.69) is 0 Å². The van der Waals surface area contributed by atoms with E-state index in [0.29, 0.717) is 0 Å². The molecular formula is C10H6ClF3N2O2. The Hall–Kier alpha value is -1.76. The summed E-state index contributed by atoms with van der Waals surface area (Å²) in [5, 5.41) is 1.92. The molecule has 1 heterocycles. The molecule has 0 unspecified atom stereocenters. The van der Waals surface area contributed by atoms with Crippen molar-refractivity contribution in [2.24, 2.45) is 0 Å². The zero-order valence-corrected chi connectivity index (χ0v) is 9.47. The molecule has 1 N–H and O–H groups in total. The number of amides is 3. The molecule has 0 atom stereocenters. The Balaban J connectivity index is 2.44. The predicted octanol–water partition coefficient (Wildman–Crippen LogP) is 2.42. The number of hydrogen-bond acceptors (Lipinski definition) is 2. The van der Waals surface area contributed by atoms with Gasteiger partial charge in [-0.3, -0.25) is 15.0 Å². The number of carbonyl (C=O) groups is 2. The van der Waals surface area contributed by atoms with E-state index in [0.717, 1.165) is 23.1 Å². The fraction of sp³-hybridized carbons (Fsp3) is 0.200. The number of rotatable bonds is 1. The lowest BCUT2D eigenvalue weighted by molar-refractivity contribution is -0.137. The Bertz CT molecular complexity index is 530. The molecule has 1 fully saturated rings. The summed E-state index contributed by atoms with van der Waals surface area (Å²) in [4.78, 5) is 23.2. The molecule has 2 rings (SSSR count). The van der Waals surface area contributed by atoms with Crippen LogP contribution in [0.25, 0.3) is 0 Å². The van der Waals surface area contributed by atoms with Gasteiger partial charge in [0.1, 0.15) is 6.54 Å². The van der Waals surface area contributed by atoms with Crippen molar-refractivity contribution in [1.82, 2.24) is 5.32 Å². The summed E-state index contributed by atoms with van der Waals surface area (Å²) >= 11 is 5.74. The summed E-state index contributed by atoms with van der Waals surface area (Å²) in [5.74, 6) is -0.589. The molecule has 1 saturated heterocycles. The molecular weight excluding hydrogens is 273 g/mol. The lowest BCUT2D eigenvalue weighted by Crippen LogP contribution is -2.28. The van der Waals surface area contributed by atoms with Gasteiger partial charge in [0.2, 0.25) is 5.91 Å². The van der Waals surface area contributed by atoms with E-state index in [4.69, 9.17) is 11.6 Å². The number of hydrogen-bond donors (Lipinski definition) is 1. The van der Waals surface area contributed by atoms with Gasteiger partial charge in [0, 0.05) is 0 Å². The zero-order chi connectivity index (χ0) is 13.5. The summed E-state index contributed by atoms with van der Waals surface area (Å²) in [7, 11) is 0. The molecule has 1 aromatic rings. The Morgan fingerprint density at radius 2 is 1.94 bits per heavy atom. The zero-order valence-electron chi connectivity index (χ0n) is 8.71. The molecule has 96 valence electrons. The van der Waals surface area contributed by atoms with Crippen molar-refractivity contribution >= 4 is 29.2 Å². The van der Waals surface area contributed by atoms with Crippen LogP contribution in [-0.2, 0) is 11.0 Å². The van der Waals surface area contributed by atoms with Crippen LogP contribution in [-0.4, -0.2) is 18.5 Å². The topological polar surface area (TPSA) is 49.4 Å².